The summed E-state index contributed by atoms with van der Waals surface area (Å²) in [6.45, 7) is -1.16. The normalized spacial score (nSPS) is 35.9. The summed E-state index contributed by atoms with van der Waals surface area (Å²) in [5.41, 5.74) is 0. The molecule has 0 aromatic carbocycles. The molecule has 0 aliphatic carbocycles. The average molecular weight is 383 g/mol. The van der Waals surface area contributed by atoms with Gasteiger partial charge in [-0.2, -0.15) is 0 Å². The van der Waals surface area contributed by atoms with E-state index in [9.17, 15) is 28.8 Å². The minimum atomic E-state index is -4.81. The van der Waals surface area contributed by atoms with Crippen molar-refractivity contribution >= 4 is 24.3 Å². The second-order valence-electron chi connectivity index (χ2n) is 4.57. The van der Waals surface area contributed by atoms with Crippen molar-refractivity contribution in [2.45, 2.75) is 39.9 Å². The van der Waals surface area contributed by atoms with Crippen molar-refractivity contribution in [2.75, 3.05) is 13.2 Å². The monoisotopic (exact) mass is 384 g/mol. The molecule has 0 amide bonds. The topological polar surface area (TPSA) is 165 Å². The predicted molar refractivity (Wildman–Crippen MR) is 69.1 cm³/mol. The molecule has 6 atom stereocenters. The zero-order valence-electron chi connectivity index (χ0n) is 10.5. The molecule has 0 bridgehead atoms. The van der Waals surface area contributed by atoms with E-state index >= 15 is 0 Å². The zero-order chi connectivity index (χ0) is 15.5. The molecule has 0 aromatic rings. The van der Waals surface area contributed by atoms with Crippen LogP contribution < -0.4 is 0 Å². The molecule has 11 heteroatoms. The van der Waals surface area contributed by atoms with Gasteiger partial charge in [-0.3, -0.25) is 0 Å². The Morgan fingerprint density at radius 3 is 2.35 bits per heavy atom. The number of hydrogen-bond donors (Lipinski definition) is 6. The summed E-state index contributed by atoms with van der Waals surface area (Å²) in [4.78, 5) is -0.516. The van der Waals surface area contributed by atoms with E-state index in [2.05, 4.69) is 4.18 Å². The van der Waals surface area contributed by atoms with Crippen molar-refractivity contribution in [1.29, 1.82) is 0 Å². The van der Waals surface area contributed by atoms with Crippen LogP contribution in [0.15, 0.2) is 0 Å². The zero-order valence-corrected chi connectivity index (χ0v) is 13.2. The maximum absolute atomic E-state index is 10.6. The third-order valence-electron chi connectivity index (χ3n) is 3.14. The van der Waals surface area contributed by atoms with Gasteiger partial charge in [0.05, 0.1) is 0 Å². The van der Waals surface area contributed by atoms with E-state index in [1.54, 1.807) is 0 Å². The van der Waals surface area contributed by atoms with Crippen molar-refractivity contribution in [3.63, 3.8) is 0 Å². The van der Waals surface area contributed by atoms with Crippen LogP contribution in [0.3, 0.4) is 0 Å². The maximum atomic E-state index is 10.6. The van der Waals surface area contributed by atoms with Crippen LogP contribution in [0.1, 0.15) is 0 Å². The summed E-state index contributed by atoms with van der Waals surface area (Å²) >= 11 is -2.05. The van der Waals surface area contributed by atoms with Crippen LogP contribution in [0.5, 0.6) is 0 Å². The second-order valence-corrected chi connectivity index (χ2v) is 11.0. The van der Waals surface area contributed by atoms with E-state index in [0.29, 0.717) is 0 Å². The molecule has 9 nitrogen and oxygen atoms in total. The molecule has 0 saturated carbocycles. The summed E-state index contributed by atoms with van der Waals surface area (Å²) in [5.74, 6) is 0. The first kappa shape index (κ1) is 18.2. The number of aliphatic hydroxyl groups is 5. The minimum absolute atomic E-state index is 0.0348. The molecule has 1 rings (SSSR count). The van der Waals surface area contributed by atoms with Crippen molar-refractivity contribution in [2.24, 2.45) is 0 Å². The van der Waals surface area contributed by atoms with Gasteiger partial charge in [0.25, 0.3) is 0 Å². The summed E-state index contributed by atoms with van der Waals surface area (Å²) in [5, 5.41) is 47.5. The van der Waals surface area contributed by atoms with Gasteiger partial charge in [0.1, 0.15) is 0 Å². The van der Waals surface area contributed by atoms with E-state index < -0.39 is 60.1 Å². The molecule has 0 aromatic heterocycles. The summed E-state index contributed by atoms with van der Waals surface area (Å²) in [6.07, 6.45) is -4.95. The first-order valence-corrected chi connectivity index (χ1v) is 11.0. The van der Waals surface area contributed by atoms with Gasteiger partial charge in [0, 0.05) is 0 Å². The molecule has 6 N–H and O–H groups in total. The van der Waals surface area contributed by atoms with Crippen molar-refractivity contribution in [3.8, 4) is 0 Å². The third kappa shape index (κ3) is 4.88. The Morgan fingerprint density at radius 2 is 1.90 bits per heavy atom. The Balaban J connectivity index is 2.66. The molecule has 1 aliphatic heterocycles. The number of aliphatic hydroxyl groups excluding tert-OH is 5. The van der Waals surface area contributed by atoms with Gasteiger partial charge >= 0.3 is 120 Å². The van der Waals surface area contributed by atoms with Gasteiger partial charge in [-0.1, -0.05) is 0 Å². The van der Waals surface area contributed by atoms with E-state index in [1.165, 1.54) is 0 Å². The van der Waals surface area contributed by atoms with E-state index in [0.717, 1.165) is 0 Å². The Kier molecular flexibility index (Phi) is 6.80. The SMILES string of the molecule is O=S(=O)(O)O[C@H](CO)[C@@H](O)C[SeH]1C[C@@H](O)[C@H](O)[C@H]1CO. The van der Waals surface area contributed by atoms with Crippen LogP contribution in [0, 0.1) is 0 Å². The van der Waals surface area contributed by atoms with Crippen LogP contribution in [0.4, 0.5) is 0 Å². The molecule has 1 aliphatic rings. The third-order valence-corrected chi connectivity index (χ3v) is 10.1. The fourth-order valence-corrected chi connectivity index (χ4v) is 8.84. The molecule has 1 unspecified atom stereocenters. The fraction of sp³-hybridized carbons (Fsp3) is 1.00. The Morgan fingerprint density at radius 1 is 1.30 bits per heavy atom. The molecule has 0 radical (unpaired) electrons. The molecule has 1 fully saturated rings. The van der Waals surface area contributed by atoms with Crippen LogP contribution in [0.2, 0.25) is 15.5 Å². The standard InChI is InChI=1S/C9H20O9SSe/c10-1-7(18-19(15,16)17)5(12)3-20-4-6(13)9(14)8(20)2-11/h5-14,20H,1-4H2,(H,15,16,17)/t5-,6+,7+,8+,9-/m0/s1. The van der Waals surface area contributed by atoms with Crippen LogP contribution in [-0.4, -0.2) is 90.0 Å². The van der Waals surface area contributed by atoms with Gasteiger partial charge in [0.2, 0.25) is 0 Å². The van der Waals surface area contributed by atoms with Crippen molar-refractivity contribution in [1.82, 2.24) is 0 Å². The molecule has 0 spiro atoms. The predicted octanol–water partition coefficient (Wildman–Crippen LogP) is -3.15. The van der Waals surface area contributed by atoms with E-state index in [-0.39, 0.29) is 17.2 Å². The van der Waals surface area contributed by atoms with Gasteiger partial charge in [-0.05, 0) is 0 Å². The summed E-state index contributed by atoms with van der Waals surface area (Å²) in [6, 6.07) is 0. The van der Waals surface area contributed by atoms with Gasteiger partial charge in [-0.25, -0.2) is 0 Å². The van der Waals surface area contributed by atoms with Crippen LogP contribution in [-0.2, 0) is 14.6 Å². The Hall–Kier alpha value is 0.189. The number of rotatable bonds is 7. The second kappa shape index (κ2) is 7.45. The number of hydrogen-bond acceptors (Lipinski definition) is 8. The van der Waals surface area contributed by atoms with Crippen molar-refractivity contribution < 1.29 is 42.7 Å². The van der Waals surface area contributed by atoms with Gasteiger partial charge in [0.15, 0.2) is 0 Å². The average Bonchev–Trinajstić information content (AvgIpc) is 2.60. The van der Waals surface area contributed by atoms with Crippen LogP contribution >= 0.6 is 0 Å². The molecular formula is C9H20O9SSe. The Bertz CT molecular complexity index is 402. The quantitative estimate of drug-likeness (QED) is 0.197. The molecule has 1 saturated heterocycles. The van der Waals surface area contributed by atoms with Gasteiger partial charge in [-0.15, -0.1) is 0 Å². The first-order valence-electron chi connectivity index (χ1n) is 5.85. The molecule has 1 heterocycles. The van der Waals surface area contributed by atoms with Crippen molar-refractivity contribution in [3.05, 3.63) is 0 Å². The molecule has 122 valence electrons. The summed E-state index contributed by atoms with van der Waals surface area (Å²) in [7, 11) is -4.81. The fourth-order valence-electron chi connectivity index (χ4n) is 2.12. The molecule has 20 heavy (non-hydrogen) atoms. The van der Waals surface area contributed by atoms with E-state index in [4.69, 9.17) is 9.66 Å². The molecular weight excluding hydrogens is 363 g/mol. The Labute approximate surface area is 120 Å². The van der Waals surface area contributed by atoms with Crippen LogP contribution in [0.25, 0.3) is 0 Å². The first-order chi connectivity index (χ1) is 9.19. The van der Waals surface area contributed by atoms with E-state index in [1.807, 2.05) is 0 Å². The van der Waals surface area contributed by atoms with Gasteiger partial charge < -0.3 is 0 Å². The summed E-state index contributed by atoms with van der Waals surface area (Å²) < 4.78 is 33.8.